The zero-order valence-corrected chi connectivity index (χ0v) is 11.6. The third-order valence-corrected chi connectivity index (χ3v) is 4.13. The van der Waals surface area contributed by atoms with Crippen LogP contribution >= 0.6 is 0 Å². The Morgan fingerprint density at radius 2 is 1.90 bits per heavy atom. The van der Waals surface area contributed by atoms with Gasteiger partial charge in [-0.3, -0.25) is 9.59 Å². The maximum atomic E-state index is 12.6. The minimum Gasteiger partial charge on any atom is -0.370 e. The van der Waals surface area contributed by atoms with Crippen LogP contribution in [-0.4, -0.2) is 44.2 Å². The summed E-state index contributed by atoms with van der Waals surface area (Å²) in [5.74, 6) is -0.158. The second-order valence-corrected chi connectivity index (χ2v) is 5.38. The number of quaternary nitrogens is 1. The molecule has 5 nitrogen and oxygen atoms in total. The minimum atomic E-state index is -0.244. The predicted octanol–water partition coefficient (Wildman–Crippen LogP) is -0.458. The largest absolute Gasteiger partial charge is 0.370 e. The van der Waals surface area contributed by atoms with Gasteiger partial charge >= 0.3 is 0 Å². The first kappa shape index (κ1) is 13.3. The van der Waals surface area contributed by atoms with E-state index in [-0.39, 0.29) is 17.9 Å². The van der Waals surface area contributed by atoms with E-state index in [9.17, 15) is 9.59 Å². The Labute approximate surface area is 118 Å². The predicted molar refractivity (Wildman–Crippen MR) is 73.6 cm³/mol. The Balaban J connectivity index is 1.85. The number of benzene rings is 1. The molecule has 2 aliphatic rings. The van der Waals surface area contributed by atoms with Crippen molar-refractivity contribution >= 4 is 17.5 Å². The van der Waals surface area contributed by atoms with E-state index in [4.69, 9.17) is 4.74 Å². The molecule has 1 aromatic rings. The molecule has 1 N–H and O–H groups in total. The summed E-state index contributed by atoms with van der Waals surface area (Å²) in [6.07, 6.45) is 0.308. The van der Waals surface area contributed by atoms with E-state index >= 15 is 0 Å². The van der Waals surface area contributed by atoms with E-state index in [1.807, 2.05) is 31.2 Å². The molecule has 2 heterocycles. The molecular weight excluding hydrogens is 256 g/mol. The van der Waals surface area contributed by atoms with Crippen LogP contribution in [0.15, 0.2) is 24.3 Å². The van der Waals surface area contributed by atoms with Gasteiger partial charge in [0.15, 0.2) is 6.04 Å². The van der Waals surface area contributed by atoms with Gasteiger partial charge in [0.05, 0.1) is 25.3 Å². The third-order valence-electron chi connectivity index (χ3n) is 4.13. The lowest BCUT2D eigenvalue weighted by molar-refractivity contribution is -0.922. The highest BCUT2D eigenvalue weighted by atomic mass is 16.5. The maximum absolute atomic E-state index is 12.6. The Bertz CT molecular complexity index is 538. The van der Waals surface area contributed by atoms with E-state index in [2.05, 4.69) is 0 Å². The molecule has 106 valence electrons. The van der Waals surface area contributed by atoms with Crippen molar-refractivity contribution in [2.24, 2.45) is 0 Å². The minimum absolute atomic E-state index is 0.0683. The van der Waals surface area contributed by atoms with Crippen LogP contribution in [0.25, 0.3) is 0 Å². The second-order valence-electron chi connectivity index (χ2n) is 5.38. The topological polar surface area (TPSA) is 51.1 Å². The van der Waals surface area contributed by atoms with Crippen molar-refractivity contribution in [3.05, 3.63) is 29.8 Å². The monoisotopic (exact) mass is 275 g/mol. The molecule has 2 aliphatic heterocycles. The number of anilines is 1. The standard InChI is InChI=1S/C15H18N2O3/c1-11-4-2-3-5-12(11)17-14(18)10-13(15(17)19)16-6-8-20-9-7-16/h2-5,13H,6-10H2,1H3/p+1. The van der Waals surface area contributed by atoms with Gasteiger partial charge in [0.2, 0.25) is 5.91 Å². The first-order valence-electron chi connectivity index (χ1n) is 7.03. The highest BCUT2D eigenvalue weighted by Gasteiger charge is 2.46. The fraction of sp³-hybridized carbons (Fsp3) is 0.467. The zero-order chi connectivity index (χ0) is 14.1. The van der Waals surface area contributed by atoms with Gasteiger partial charge in [-0.05, 0) is 18.6 Å². The average Bonchev–Trinajstić information content (AvgIpc) is 2.76. The molecule has 20 heavy (non-hydrogen) atoms. The van der Waals surface area contributed by atoms with E-state index in [0.717, 1.165) is 24.3 Å². The van der Waals surface area contributed by atoms with Gasteiger partial charge < -0.3 is 9.64 Å². The summed E-state index contributed by atoms with van der Waals surface area (Å²) in [5, 5.41) is 0. The number of amides is 2. The summed E-state index contributed by atoms with van der Waals surface area (Å²) in [6.45, 7) is 4.84. The Kier molecular flexibility index (Phi) is 3.54. The van der Waals surface area contributed by atoms with Crippen LogP contribution < -0.4 is 9.80 Å². The molecule has 2 saturated heterocycles. The van der Waals surface area contributed by atoms with Crippen molar-refractivity contribution in [2.75, 3.05) is 31.2 Å². The number of aryl methyl sites for hydroxylation is 1. The lowest BCUT2D eigenvalue weighted by atomic mass is 10.2. The number of morpholine rings is 1. The lowest BCUT2D eigenvalue weighted by Crippen LogP contribution is -3.18. The number of hydrogen-bond acceptors (Lipinski definition) is 3. The fourth-order valence-corrected chi connectivity index (χ4v) is 3.00. The van der Waals surface area contributed by atoms with Gasteiger partial charge in [0, 0.05) is 0 Å². The summed E-state index contributed by atoms with van der Waals surface area (Å²) in [6, 6.07) is 7.28. The summed E-state index contributed by atoms with van der Waals surface area (Å²) < 4.78 is 5.32. The van der Waals surface area contributed by atoms with Crippen LogP contribution in [0.5, 0.6) is 0 Å². The number of carbonyl (C=O) groups excluding carboxylic acids is 2. The van der Waals surface area contributed by atoms with Crippen molar-refractivity contribution < 1.29 is 19.2 Å². The van der Waals surface area contributed by atoms with Gasteiger partial charge in [-0.25, -0.2) is 4.90 Å². The molecule has 5 heteroatoms. The van der Waals surface area contributed by atoms with Crippen LogP contribution in [0.3, 0.4) is 0 Å². The smallest absolute Gasteiger partial charge is 0.292 e. The molecule has 2 fully saturated rings. The number of ether oxygens (including phenoxy) is 1. The van der Waals surface area contributed by atoms with Crippen molar-refractivity contribution in [2.45, 2.75) is 19.4 Å². The molecule has 2 amide bonds. The number of hydrogen-bond donors (Lipinski definition) is 1. The second kappa shape index (κ2) is 5.34. The number of nitrogens with one attached hydrogen (secondary N) is 1. The number of para-hydroxylation sites is 1. The molecular formula is C15H19N2O3+. The van der Waals surface area contributed by atoms with E-state index in [1.54, 1.807) is 0 Å². The maximum Gasteiger partial charge on any atom is 0.292 e. The molecule has 3 rings (SSSR count). The highest BCUT2D eigenvalue weighted by Crippen LogP contribution is 2.25. The zero-order valence-electron chi connectivity index (χ0n) is 11.6. The van der Waals surface area contributed by atoms with Gasteiger partial charge in [0.25, 0.3) is 5.91 Å². The number of imide groups is 1. The van der Waals surface area contributed by atoms with Crippen LogP contribution in [-0.2, 0) is 14.3 Å². The molecule has 1 aromatic carbocycles. The SMILES string of the molecule is Cc1ccccc1N1C(=O)CC([NH+]2CCOCC2)C1=O. The summed E-state index contributed by atoms with van der Waals surface area (Å²) >= 11 is 0. The normalized spacial score (nSPS) is 24.4. The third kappa shape index (κ3) is 2.23. The van der Waals surface area contributed by atoms with Gasteiger partial charge in [0.1, 0.15) is 13.1 Å². The fourth-order valence-electron chi connectivity index (χ4n) is 3.00. The molecule has 0 spiro atoms. The van der Waals surface area contributed by atoms with Crippen LogP contribution in [0.1, 0.15) is 12.0 Å². The van der Waals surface area contributed by atoms with Gasteiger partial charge in [-0.1, -0.05) is 18.2 Å². The van der Waals surface area contributed by atoms with Crippen molar-refractivity contribution in [3.8, 4) is 0 Å². The van der Waals surface area contributed by atoms with Crippen molar-refractivity contribution in [1.29, 1.82) is 0 Å². The summed E-state index contributed by atoms with van der Waals surface area (Å²) in [4.78, 5) is 27.4. The Morgan fingerprint density at radius 3 is 2.60 bits per heavy atom. The first-order chi connectivity index (χ1) is 9.68. The molecule has 0 radical (unpaired) electrons. The van der Waals surface area contributed by atoms with Crippen LogP contribution in [0, 0.1) is 6.92 Å². The van der Waals surface area contributed by atoms with Gasteiger partial charge in [-0.2, -0.15) is 0 Å². The molecule has 0 aromatic heterocycles. The summed E-state index contributed by atoms with van der Waals surface area (Å²) in [5.41, 5.74) is 1.67. The molecule has 0 aliphatic carbocycles. The molecule has 1 unspecified atom stereocenters. The molecule has 0 saturated carbocycles. The first-order valence-corrected chi connectivity index (χ1v) is 7.03. The number of rotatable bonds is 2. The average molecular weight is 275 g/mol. The number of nitrogens with zero attached hydrogens (tertiary/aromatic N) is 1. The van der Waals surface area contributed by atoms with Crippen molar-refractivity contribution in [3.63, 3.8) is 0 Å². The van der Waals surface area contributed by atoms with E-state index < -0.39 is 0 Å². The van der Waals surface area contributed by atoms with E-state index in [1.165, 1.54) is 9.80 Å². The Hall–Kier alpha value is -1.72. The quantitative estimate of drug-likeness (QED) is 0.743. The van der Waals surface area contributed by atoms with Crippen LogP contribution in [0.4, 0.5) is 5.69 Å². The molecule has 1 atom stereocenters. The van der Waals surface area contributed by atoms with Crippen LogP contribution in [0.2, 0.25) is 0 Å². The lowest BCUT2D eigenvalue weighted by Gasteiger charge is -2.27. The Morgan fingerprint density at radius 1 is 1.20 bits per heavy atom. The summed E-state index contributed by atoms with van der Waals surface area (Å²) in [7, 11) is 0. The number of carbonyl (C=O) groups is 2. The van der Waals surface area contributed by atoms with E-state index in [0.29, 0.717) is 19.6 Å². The van der Waals surface area contributed by atoms with Gasteiger partial charge in [-0.15, -0.1) is 0 Å². The van der Waals surface area contributed by atoms with Crippen molar-refractivity contribution in [1.82, 2.24) is 0 Å². The highest BCUT2D eigenvalue weighted by molar-refractivity contribution is 6.22. The molecule has 0 bridgehead atoms.